The molecule has 6 heteroatoms. The first kappa shape index (κ1) is 10.7. The van der Waals surface area contributed by atoms with Gasteiger partial charge in [-0.25, -0.2) is 17.6 Å². The number of aromatic nitrogens is 1. The van der Waals surface area contributed by atoms with Gasteiger partial charge in [0, 0.05) is 11.6 Å². The van der Waals surface area contributed by atoms with Gasteiger partial charge >= 0.3 is 0 Å². The van der Waals surface area contributed by atoms with Gasteiger partial charge in [0.25, 0.3) is 0 Å². The fourth-order valence-corrected chi connectivity index (χ4v) is 1.25. The van der Waals surface area contributed by atoms with Gasteiger partial charge in [0.15, 0.2) is 23.3 Å². The van der Waals surface area contributed by atoms with E-state index < -0.39 is 28.8 Å². The number of aryl methyl sites for hydroxylation is 1. The molecule has 0 aliphatic rings. The lowest BCUT2D eigenvalue weighted by Crippen LogP contribution is -1.98. The molecule has 1 aromatic heterocycles. The molecule has 0 bridgehead atoms. The van der Waals surface area contributed by atoms with Crippen LogP contribution in [0, 0.1) is 30.2 Å². The molecule has 84 valence electrons. The van der Waals surface area contributed by atoms with Crippen LogP contribution in [-0.2, 0) is 0 Å². The maximum absolute atomic E-state index is 13.3. The summed E-state index contributed by atoms with van der Waals surface area (Å²) in [7, 11) is 0. The van der Waals surface area contributed by atoms with Crippen LogP contribution in [0.3, 0.4) is 0 Å². The van der Waals surface area contributed by atoms with Gasteiger partial charge in [-0.2, -0.15) is 0 Å². The Morgan fingerprint density at radius 1 is 1.00 bits per heavy atom. The second-order valence-corrected chi connectivity index (χ2v) is 3.17. The molecule has 0 saturated carbocycles. The Labute approximate surface area is 87.5 Å². The largest absolute Gasteiger partial charge is 0.361 e. The van der Waals surface area contributed by atoms with Crippen molar-refractivity contribution in [2.24, 2.45) is 0 Å². The molecule has 0 aliphatic heterocycles. The third-order valence-electron chi connectivity index (χ3n) is 2.01. The first-order chi connectivity index (χ1) is 7.50. The zero-order chi connectivity index (χ0) is 11.9. The Bertz CT molecular complexity index is 550. The van der Waals surface area contributed by atoms with E-state index in [4.69, 9.17) is 0 Å². The molecule has 2 nitrogen and oxygen atoms in total. The molecule has 0 saturated heterocycles. The van der Waals surface area contributed by atoms with E-state index in [1.165, 1.54) is 13.0 Å². The minimum absolute atomic E-state index is 0.0900. The molecule has 0 atom stereocenters. The van der Waals surface area contributed by atoms with Crippen LogP contribution in [0.2, 0.25) is 0 Å². The second kappa shape index (κ2) is 3.62. The van der Waals surface area contributed by atoms with E-state index >= 15 is 0 Å². The van der Waals surface area contributed by atoms with Crippen LogP contribution in [0.5, 0.6) is 0 Å². The standard InChI is InChI=1S/C10H5F4NO/c1-4-2-7(15-16-4)5-3-6(11)9(13)10(14)8(5)12/h2-3H,1H3. The number of nitrogens with zero attached hydrogens (tertiary/aromatic N) is 1. The molecule has 16 heavy (non-hydrogen) atoms. The molecule has 0 aliphatic carbocycles. The topological polar surface area (TPSA) is 26.0 Å². The normalized spacial score (nSPS) is 10.8. The van der Waals surface area contributed by atoms with E-state index in [1.807, 2.05) is 0 Å². The van der Waals surface area contributed by atoms with Gasteiger partial charge in [0.2, 0.25) is 0 Å². The highest BCUT2D eigenvalue weighted by atomic mass is 19.2. The van der Waals surface area contributed by atoms with Crippen LogP contribution < -0.4 is 0 Å². The molecule has 0 spiro atoms. The average Bonchev–Trinajstić information content (AvgIpc) is 2.67. The van der Waals surface area contributed by atoms with E-state index in [0.29, 0.717) is 11.8 Å². The van der Waals surface area contributed by atoms with Crippen molar-refractivity contribution in [1.29, 1.82) is 0 Å². The van der Waals surface area contributed by atoms with Gasteiger partial charge in [-0.15, -0.1) is 0 Å². The molecular weight excluding hydrogens is 226 g/mol. The van der Waals surface area contributed by atoms with Gasteiger partial charge in [0.1, 0.15) is 11.5 Å². The Morgan fingerprint density at radius 2 is 1.69 bits per heavy atom. The van der Waals surface area contributed by atoms with E-state index in [1.54, 1.807) is 0 Å². The zero-order valence-corrected chi connectivity index (χ0v) is 8.02. The molecule has 0 amide bonds. The molecule has 1 aromatic carbocycles. The SMILES string of the molecule is Cc1cc(-c2cc(F)c(F)c(F)c2F)no1. The van der Waals surface area contributed by atoms with Gasteiger partial charge in [-0.05, 0) is 13.0 Å². The second-order valence-electron chi connectivity index (χ2n) is 3.17. The third-order valence-corrected chi connectivity index (χ3v) is 2.01. The van der Waals surface area contributed by atoms with Gasteiger partial charge in [-0.3, -0.25) is 0 Å². The van der Waals surface area contributed by atoms with Crippen molar-refractivity contribution < 1.29 is 22.1 Å². The van der Waals surface area contributed by atoms with Crippen LogP contribution >= 0.6 is 0 Å². The van der Waals surface area contributed by atoms with Gasteiger partial charge < -0.3 is 4.52 Å². The Kier molecular flexibility index (Phi) is 2.41. The summed E-state index contributed by atoms with van der Waals surface area (Å²) in [5.74, 6) is -6.33. The van der Waals surface area contributed by atoms with Crippen molar-refractivity contribution in [1.82, 2.24) is 5.16 Å². The smallest absolute Gasteiger partial charge is 0.198 e. The van der Waals surface area contributed by atoms with Crippen LogP contribution in [0.4, 0.5) is 17.6 Å². The number of rotatable bonds is 1. The Balaban J connectivity index is 2.66. The summed E-state index contributed by atoms with van der Waals surface area (Å²) < 4.78 is 56.3. The van der Waals surface area contributed by atoms with Gasteiger partial charge in [-0.1, -0.05) is 5.16 Å². The summed E-state index contributed by atoms with van der Waals surface area (Å²) >= 11 is 0. The maximum atomic E-state index is 13.3. The minimum atomic E-state index is -1.87. The first-order valence-corrected chi connectivity index (χ1v) is 4.27. The summed E-state index contributed by atoms with van der Waals surface area (Å²) in [5.41, 5.74) is -0.568. The van der Waals surface area contributed by atoms with Crippen molar-refractivity contribution in [3.8, 4) is 11.3 Å². The third kappa shape index (κ3) is 1.56. The van der Waals surface area contributed by atoms with Gasteiger partial charge in [0.05, 0.1) is 0 Å². The molecule has 2 aromatic rings. The lowest BCUT2D eigenvalue weighted by atomic mass is 10.1. The summed E-state index contributed by atoms with van der Waals surface area (Å²) in [6, 6.07) is 1.82. The highest BCUT2D eigenvalue weighted by molar-refractivity contribution is 5.60. The van der Waals surface area contributed by atoms with E-state index in [9.17, 15) is 17.6 Å². The van der Waals surface area contributed by atoms with Crippen LogP contribution in [-0.4, -0.2) is 5.16 Å². The molecule has 0 N–H and O–H groups in total. The van der Waals surface area contributed by atoms with E-state index in [2.05, 4.69) is 9.68 Å². The quantitative estimate of drug-likeness (QED) is 0.428. The molecule has 2 rings (SSSR count). The monoisotopic (exact) mass is 231 g/mol. The lowest BCUT2D eigenvalue weighted by Gasteiger charge is -2.01. The highest BCUT2D eigenvalue weighted by Crippen LogP contribution is 2.27. The number of hydrogen-bond acceptors (Lipinski definition) is 2. The van der Waals surface area contributed by atoms with Crippen molar-refractivity contribution in [3.05, 3.63) is 41.2 Å². The zero-order valence-electron chi connectivity index (χ0n) is 8.02. The maximum Gasteiger partial charge on any atom is 0.198 e. The predicted octanol–water partition coefficient (Wildman–Crippen LogP) is 3.21. The molecule has 0 fully saturated rings. The number of halogens is 4. The number of hydrogen-bond donors (Lipinski definition) is 0. The van der Waals surface area contributed by atoms with Crippen molar-refractivity contribution in [2.75, 3.05) is 0 Å². The molecule has 1 heterocycles. The Hall–Kier alpha value is -1.85. The molecular formula is C10H5F4NO. The average molecular weight is 231 g/mol. The molecule has 0 unspecified atom stereocenters. The summed E-state index contributed by atoms with van der Waals surface area (Å²) in [6.45, 7) is 1.53. The first-order valence-electron chi connectivity index (χ1n) is 4.27. The van der Waals surface area contributed by atoms with Crippen molar-refractivity contribution in [3.63, 3.8) is 0 Å². The summed E-state index contributed by atoms with van der Waals surface area (Å²) in [6.07, 6.45) is 0. The number of benzene rings is 1. The highest BCUT2D eigenvalue weighted by Gasteiger charge is 2.21. The predicted molar refractivity (Wildman–Crippen MR) is 46.5 cm³/mol. The van der Waals surface area contributed by atoms with Crippen LogP contribution in [0.1, 0.15) is 5.76 Å². The van der Waals surface area contributed by atoms with Crippen molar-refractivity contribution in [2.45, 2.75) is 6.92 Å². The minimum Gasteiger partial charge on any atom is -0.361 e. The molecule has 0 radical (unpaired) electrons. The van der Waals surface area contributed by atoms with E-state index in [-0.39, 0.29) is 5.69 Å². The Morgan fingerprint density at radius 3 is 2.25 bits per heavy atom. The summed E-state index contributed by atoms with van der Waals surface area (Å²) in [5, 5.41) is 3.39. The van der Waals surface area contributed by atoms with Crippen molar-refractivity contribution >= 4 is 0 Å². The fourth-order valence-electron chi connectivity index (χ4n) is 1.25. The fraction of sp³-hybridized carbons (Fsp3) is 0.100. The van der Waals surface area contributed by atoms with Crippen LogP contribution in [0.25, 0.3) is 11.3 Å². The lowest BCUT2D eigenvalue weighted by molar-refractivity contribution is 0.396. The van der Waals surface area contributed by atoms with Crippen LogP contribution in [0.15, 0.2) is 16.7 Å². The summed E-state index contributed by atoms with van der Waals surface area (Å²) in [4.78, 5) is 0. The van der Waals surface area contributed by atoms with E-state index in [0.717, 1.165) is 0 Å².